The zero-order chi connectivity index (χ0) is 30.2. The van der Waals surface area contributed by atoms with Crippen molar-refractivity contribution in [2.75, 3.05) is 0 Å². The molecule has 0 N–H and O–H groups in total. The molecule has 3 heterocycles. The van der Waals surface area contributed by atoms with E-state index in [2.05, 4.69) is 115 Å². The number of allylic oxidation sites excluding steroid dienone is 1. The summed E-state index contributed by atoms with van der Waals surface area (Å²) in [6, 6.07) is 16.4. The van der Waals surface area contributed by atoms with Crippen molar-refractivity contribution in [3.05, 3.63) is 87.2 Å². The van der Waals surface area contributed by atoms with Crippen LogP contribution in [0.5, 0.6) is 0 Å². The third-order valence-corrected chi connectivity index (χ3v) is 15.2. The normalized spacial score (nSPS) is 34.8. The molecule has 0 bridgehead atoms. The summed E-state index contributed by atoms with van der Waals surface area (Å²) in [5, 5.41) is 15.8. The predicted molar refractivity (Wildman–Crippen MR) is 179 cm³/mol. The molecule has 214 valence electrons. The van der Waals surface area contributed by atoms with Crippen LogP contribution < -0.4 is 0 Å². The molecule has 3 aromatic heterocycles. The first-order chi connectivity index (χ1) is 21.0. The molecule has 3 fully saturated rings. The van der Waals surface area contributed by atoms with Gasteiger partial charge in [-0.1, -0.05) is 64.5 Å². The molecule has 3 aromatic carbocycles. The zero-order valence-corrected chi connectivity index (χ0v) is 26.7. The largest absolute Gasteiger partial charge is 0.306 e. The average molecular weight is 570 g/mol. The maximum absolute atomic E-state index is 10.4. The van der Waals surface area contributed by atoms with Crippen LogP contribution in [0.2, 0.25) is 0 Å². The van der Waals surface area contributed by atoms with Gasteiger partial charge in [-0.15, -0.1) is 0 Å². The Bertz CT molecular complexity index is 2540. The summed E-state index contributed by atoms with van der Waals surface area (Å²) < 4.78 is 2.49. The summed E-state index contributed by atoms with van der Waals surface area (Å²) in [5.41, 5.74) is 17.9. The molecule has 6 aromatic rings. The van der Waals surface area contributed by atoms with Crippen molar-refractivity contribution in [3.8, 4) is 17.2 Å². The van der Waals surface area contributed by atoms with Crippen LogP contribution in [0.1, 0.15) is 93.0 Å². The zero-order valence-electron chi connectivity index (χ0n) is 26.7. The van der Waals surface area contributed by atoms with Crippen molar-refractivity contribution >= 4 is 44.2 Å². The van der Waals surface area contributed by atoms with Crippen LogP contribution in [0.15, 0.2) is 48.2 Å². The number of rotatable bonds is 2. The van der Waals surface area contributed by atoms with Crippen LogP contribution in [0, 0.1) is 41.4 Å². The standard InChI is InChI=1S/C41H35N3/c1-9-24-21(4)13-25-23(17-42)16-28-32(31(24)25)26-14-22(30-19(2)11-10-12-20(30)3)15-27-33-29(44(28)35(26)27)18-43-36-34(33)37(5)39(7)40(8)38(36,6)41(37,39)40/h10-16,18,24H,9H2,1-8H3. The molecule has 3 saturated carbocycles. The van der Waals surface area contributed by atoms with Crippen LogP contribution in [0.4, 0.5) is 0 Å². The van der Waals surface area contributed by atoms with E-state index in [1.54, 1.807) is 0 Å². The molecule has 44 heavy (non-hydrogen) atoms. The van der Waals surface area contributed by atoms with E-state index in [0.29, 0.717) is 22.2 Å². The van der Waals surface area contributed by atoms with Crippen molar-refractivity contribution in [1.29, 1.82) is 5.26 Å². The molecule has 3 nitrogen and oxygen atoms in total. The molecule has 0 amide bonds. The Balaban J connectivity index is 1.38. The first-order valence-corrected chi connectivity index (χ1v) is 16.4. The number of hydrogen-bond donors (Lipinski definition) is 0. The minimum absolute atomic E-state index is 0.172. The summed E-state index contributed by atoms with van der Waals surface area (Å²) >= 11 is 0. The van der Waals surface area contributed by atoms with Gasteiger partial charge in [-0.05, 0) is 95.2 Å². The maximum Gasteiger partial charge on any atom is 0.0998 e. The van der Waals surface area contributed by atoms with E-state index < -0.39 is 0 Å². The molecule has 0 radical (unpaired) electrons. The van der Waals surface area contributed by atoms with E-state index in [9.17, 15) is 5.26 Å². The highest BCUT2D eigenvalue weighted by Gasteiger charge is 3.28. The van der Waals surface area contributed by atoms with E-state index >= 15 is 0 Å². The highest BCUT2D eigenvalue weighted by Crippen LogP contribution is 3.27. The summed E-state index contributed by atoms with van der Waals surface area (Å²) in [4.78, 5) is 5.37. The number of pyridine rings is 1. The minimum Gasteiger partial charge on any atom is -0.306 e. The van der Waals surface area contributed by atoms with Gasteiger partial charge in [-0.2, -0.15) is 5.26 Å². The lowest BCUT2D eigenvalue weighted by atomic mass is 9.67. The highest BCUT2D eigenvalue weighted by atomic mass is 15.3. The maximum atomic E-state index is 10.4. The lowest BCUT2D eigenvalue weighted by molar-refractivity contribution is 0.269. The van der Waals surface area contributed by atoms with Crippen molar-refractivity contribution < 1.29 is 0 Å². The van der Waals surface area contributed by atoms with Gasteiger partial charge in [0.05, 0.1) is 40.1 Å². The van der Waals surface area contributed by atoms with Crippen molar-refractivity contribution in [3.63, 3.8) is 0 Å². The second-order valence-electron chi connectivity index (χ2n) is 15.6. The van der Waals surface area contributed by atoms with Gasteiger partial charge in [0.2, 0.25) is 0 Å². The lowest BCUT2D eigenvalue weighted by Crippen LogP contribution is -2.34. The molecule has 11 rings (SSSR count). The van der Waals surface area contributed by atoms with Gasteiger partial charge >= 0.3 is 0 Å². The predicted octanol–water partition coefficient (Wildman–Crippen LogP) is 9.87. The third-order valence-electron chi connectivity index (χ3n) is 15.2. The first-order valence-electron chi connectivity index (χ1n) is 16.4. The number of benzene rings is 3. The number of fused-ring (bicyclic) bond motifs is 15. The second-order valence-corrected chi connectivity index (χ2v) is 15.6. The number of aryl methyl sites for hydroxylation is 2. The monoisotopic (exact) mass is 569 g/mol. The van der Waals surface area contributed by atoms with Gasteiger partial charge in [-0.25, -0.2) is 0 Å². The number of nitrogens with zero attached hydrogens (tertiary/aromatic N) is 3. The SMILES string of the molecule is CCC1C(C)=Cc2c(C#N)cc3c(c21)c1cc(-c2c(C)cccc2C)cc2c4c5c(ncc4n3c12)C1(C)C2(C)C3(C)C5(C)C123. The van der Waals surface area contributed by atoms with Gasteiger partial charge in [0.25, 0.3) is 0 Å². The van der Waals surface area contributed by atoms with Crippen molar-refractivity contribution in [2.45, 2.75) is 78.6 Å². The molecule has 0 saturated heterocycles. The van der Waals surface area contributed by atoms with Gasteiger partial charge in [0.1, 0.15) is 0 Å². The molecule has 5 aliphatic rings. The molecular formula is C41H35N3. The number of aromatic nitrogens is 2. The van der Waals surface area contributed by atoms with E-state index in [4.69, 9.17) is 4.98 Å². The molecular weight excluding hydrogens is 534 g/mol. The summed E-state index contributed by atoms with van der Waals surface area (Å²) in [5.74, 6) is 0.325. The van der Waals surface area contributed by atoms with E-state index in [1.165, 1.54) is 77.2 Å². The van der Waals surface area contributed by atoms with E-state index in [0.717, 1.165) is 23.1 Å². The number of hydrogen-bond acceptors (Lipinski definition) is 2. The van der Waals surface area contributed by atoms with E-state index in [1.807, 2.05) is 0 Å². The average Bonchev–Trinajstić information content (AvgIpc) is 3.52. The Morgan fingerprint density at radius 2 is 1.59 bits per heavy atom. The fraction of sp³-hybridized carbons (Fsp3) is 0.366. The Labute approximate surface area is 257 Å². The highest BCUT2D eigenvalue weighted by molar-refractivity contribution is 6.27. The first kappa shape index (κ1) is 24.2. The fourth-order valence-electron chi connectivity index (χ4n) is 13.7. The minimum atomic E-state index is 0.172. The Kier molecular flexibility index (Phi) is 3.47. The molecule has 6 atom stereocenters. The summed E-state index contributed by atoms with van der Waals surface area (Å²) in [6.45, 7) is 19.1. The van der Waals surface area contributed by atoms with Crippen molar-refractivity contribution in [1.82, 2.24) is 9.38 Å². The Morgan fingerprint density at radius 3 is 2.27 bits per heavy atom. The quantitative estimate of drug-likeness (QED) is 0.208. The van der Waals surface area contributed by atoms with Crippen LogP contribution in [0.25, 0.3) is 55.3 Å². The molecule has 3 heteroatoms. The third kappa shape index (κ3) is 1.74. The second kappa shape index (κ2) is 6.32. The lowest BCUT2D eigenvalue weighted by Gasteiger charge is -2.36. The molecule has 5 aliphatic carbocycles. The Morgan fingerprint density at radius 1 is 0.909 bits per heavy atom. The van der Waals surface area contributed by atoms with Gasteiger partial charge in [0, 0.05) is 43.7 Å². The van der Waals surface area contributed by atoms with Gasteiger partial charge < -0.3 is 4.40 Å². The van der Waals surface area contributed by atoms with Crippen molar-refractivity contribution in [2.24, 2.45) is 16.2 Å². The molecule has 6 unspecified atom stereocenters. The van der Waals surface area contributed by atoms with E-state index in [-0.39, 0.29) is 10.8 Å². The van der Waals surface area contributed by atoms with Crippen LogP contribution in [-0.2, 0) is 10.8 Å². The Hall–Kier alpha value is -4.16. The van der Waals surface area contributed by atoms with Gasteiger partial charge in [0.15, 0.2) is 0 Å². The number of nitriles is 1. The molecule has 1 spiro atoms. The van der Waals surface area contributed by atoms with Crippen LogP contribution >= 0.6 is 0 Å². The topological polar surface area (TPSA) is 41.1 Å². The van der Waals surface area contributed by atoms with Crippen LogP contribution in [-0.4, -0.2) is 9.38 Å². The summed E-state index contributed by atoms with van der Waals surface area (Å²) in [7, 11) is 0. The smallest absolute Gasteiger partial charge is 0.0998 e. The molecule has 0 aliphatic heterocycles. The fourth-order valence-corrected chi connectivity index (χ4v) is 13.7. The summed E-state index contributed by atoms with van der Waals surface area (Å²) in [6.07, 6.45) is 5.48. The van der Waals surface area contributed by atoms with Gasteiger partial charge in [-0.3, -0.25) is 4.98 Å². The van der Waals surface area contributed by atoms with Crippen LogP contribution in [0.3, 0.4) is 0 Å².